The molecule has 15 heavy (non-hydrogen) atoms. The fourth-order valence-electron chi connectivity index (χ4n) is 1.35. The largest absolute Gasteiger partial charge is 0.425 e. The third-order valence-corrected chi connectivity index (χ3v) is 9.62. The monoisotopic (exact) mass is 274 g/mol. The first-order chi connectivity index (χ1) is 7.45. The smallest absolute Gasteiger partial charge is 0.307 e. The van der Waals surface area contributed by atoms with E-state index in [1.165, 1.54) is 5.56 Å². The standard InChI is InChI=1S/C7H14O4Si4/c1-2-4-7(5-3-1)6-15-10-13-8-12-9-14-11-15/h1-5,15H,6,12-14H2. The molecule has 1 fully saturated rings. The maximum absolute atomic E-state index is 5.71. The van der Waals surface area contributed by atoms with E-state index in [9.17, 15) is 0 Å². The second-order valence-corrected chi connectivity index (χ2v) is 11.1. The van der Waals surface area contributed by atoms with Crippen molar-refractivity contribution in [2.75, 3.05) is 0 Å². The van der Waals surface area contributed by atoms with Crippen LogP contribution in [-0.2, 0) is 22.5 Å². The summed E-state index contributed by atoms with van der Waals surface area (Å²) in [6, 6.07) is 11.3. The summed E-state index contributed by atoms with van der Waals surface area (Å²) in [5.74, 6) is 0. The van der Waals surface area contributed by atoms with E-state index in [2.05, 4.69) is 12.1 Å². The van der Waals surface area contributed by atoms with Gasteiger partial charge in [0.1, 0.15) is 0 Å². The Bertz CT molecular complexity index is 278. The van der Waals surface area contributed by atoms with Crippen LogP contribution in [0.1, 0.15) is 5.56 Å². The lowest BCUT2D eigenvalue weighted by Gasteiger charge is -2.20. The molecule has 0 N–H and O–H groups in total. The summed E-state index contributed by atoms with van der Waals surface area (Å²) in [5.41, 5.74) is 1.29. The summed E-state index contributed by atoms with van der Waals surface area (Å²) in [7, 11) is -3.91. The van der Waals surface area contributed by atoms with Gasteiger partial charge in [0.25, 0.3) is 30.0 Å². The predicted octanol–water partition coefficient (Wildman–Crippen LogP) is -1.93. The Morgan fingerprint density at radius 3 is 2.27 bits per heavy atom. The Labute approximate surface area is 97.9 Å². The molecule has 0 aliphatic carbocycles. The third kappa shape index (κ3) is 4.12. The normalized spacial score (nSPS) is 27.9. The van der Waals surface area contributed by atoms with Crippen LogP contribution < -0.4 is 0 Å². The minimum Gasteiger partial charge on any atom is -0.425 e. The van der Waals surface area contributed by atoms with Crippen molar-refractivity contribution < 1.29 is 16.5 Å². The SMILES string of the molecule is c1ccc(C[SiH]2O[SiH2]O[SiH2]O[SiH2]O2)cc1. The second kappa shape index (κ2) is 6.50. The Kier molecular flexibility index (Phi) is 4.94. The lowest BCUT2D eigenvalue weighted by molar-refractivity contribution is 0.328. The van der Waals surface area contributed by atoms with Crippen LogP contribution in [0.4, 0.5) is 0 Å². The number of hydrogen-bond acceptors (Lipinski definition) is 4. The molecular formula is C7H14O4Si4. The fraction of sp³-hybridized carbons (Fsp3) is 0.143. The number of benzene rings is 1. The molecule has 0 saturated carbocycles. The summed E-state index contributed by atoms with van der Waals surface area (Å²) in [5, 5.41) is 0. The van der Waals surface area contributed by atoms with Crippen LogP contribution in [-0.4, -0.2) is 39.3 Å². The third-order valence-electron chi connectivity index (χ3n) is 2.09. The molecule has 2 rings (SSSR count). The lowest BCUT2D eigenvalue weighted by atomic mass is 10.2. The van der Waals surface area contributed by atoms with Crippen molar-refractivity contribution in [2.24, 2.45) is 0 Å². The fourth-order valence-corrected chi connectivity index (χ4v) is 9.99. The van der Waals surface area contributed by atoms with Crippen LogP contribution >= 0.6 is 0 Å². The van der Waals surface area contributed by atoms with E-state index in [4.69, 9.17) is 16.5 Å². The molecule has 0 aromatic heterocycles. The summed E-state index contributed by atoms with van der Waals surface area (Å²) in [4.78, 5) is 0. The van der Waals surface area contributed by atoms with Crippen LogP contribution in [0.15, 0.2) is 30.3 Å². The van der Waals surface area contributed by atoms with Gasteiger partial charge in [-0.15, -0.1) is 0 Å². The number of rotatable bonds is 2. The summed E-state index contributed by atoms with van der Waals surface area (Å²) in [6.45, 7) is 0. The predicted molar refractivity (Wildman–Crippen MR) is 67.3 cm³/mol. The van der Waals surface area contributed by atoms with Gasteiger partial charge in [-0.25, -0.2) is 0 Å². The second-order valence-electron chi connectivity index (χ2n) is 3.21. The van der Waals surface area contributed by atoms with E-state index in [1.807, 2.05) is 18.2 Å². The molecule has 1 aliphatic rings. The van der Waals surface area contributed by atoms with Crippen molar-refractivity contribution in [3.8, 4) is 0 Å². The Morgan fingerprint density at radius 2 is 1.60 bits per heavy atom. The first kappa shape index (κ1) is 11.4. The molecule has 1 aromatic rings. The maximum atomic E-state index is 5.71. The lowest BCUT2D eigenvalue weighted by Crippen LogP contribution is -2.35. The van der Waals surface area contributed by atoms with Crippen molar-refractivity contribution in [1.29, 1.82) is 0 Å². The van der Waals surface area contributed by atoms with Crippen LogP contribution in [0.25, 0.3) is 0 Å². The molecule has 0 radical (unpaired) electrons. The van der Waals surface area contributed by atoms with E-state index in [0.29, 0.717) is 0 Å². The van der Waals surface area contributed by atoms with Gasteiger partial charge in [-0.2, -0.15) is 0 Å². The van der Waals surface area contributed by atoms with Gasteiger partial charge in [0.05, 0.1) is 0 Å². The van der Waals surface area contributed by atoms with Gasteiger partial charge in [0.2, 0.25) is 0 Å². The molecule has 0 unspecified atom stereocenters. The molecule has 8 heteroatoms. The zero-order chi connectivity index (χ0) is 10.3. The van der Waals surface area contributed by atoms with Gasteiger partial charge in [0, 0.05) is 6.04 Å². The molecule has 1 saturated heterocycles. The molecule has 1 aromatic carbocycles. The molecule has 0 spiro atoms. The van der Waals surface area contributed by atoms with Crippen LogP contribution in [0.2, 0.25) is 0 Å². The minimum absolute atomic E-state index is 0.746. The highest BCUT2D eigenvalue weighted by Crippen LogP contribution is 2.04. The van der Waals surface area contributed by atoms with Crippen molar-refractivity contribution >= 4 is 39.3 Å². The van der Waals surface area contributed by atoms with Gasteiger partial charge in [-0.05, 0) is 5.56 Å². The van der Waals surface area contributed by atoms with E-state index in [-0.39, 0.29) is 0 Å². The molecule has 1 heterocycles. The van der Waals surface area contributed by atoms with E-state index in [1.54, 1.807) is 0 Å². The molecule has 0 amide bonds. The van der Waals surface area contributed by atoms with E-state index >= 15 is 0 Å². The molecule has 0 atom stereocenters. The van der Waals surface area contributed by atoms with Gasteiger partial charge in [-0.3, -0.25) is 0 Å². The van der Waals surface area contributed by atoms with E-state index < -0.39 is 39.3 Å². The highest BCUT2D eigenvalue weighted by atomic mass is 28.4. The molecular weight excluding hydrogens is 260 g/mol. The van der Waals surface area contributed by atoms with Crippen molar-refractivity contribution in [3.63, 3.8) is 0 Å². The minimum atomic E-state index is -1.53. The molecule has 1 aliphatic heterocycles. The van der Waals surface area contributed by atoms with Crippen LogP contribution in [0.3, 0.4) is 0 Å². The zero-order valence-corrected chi connectivity index (χ0v) is 13.8. The molecule has 4 nitrogen and oxygen atoms in total. The first-order valence-corrected chi connectivity index (χ1v) is 10.1. The first-order valence-electron chi connectivity index (χ1n) is 4.88. The Morgan fingerprint density at radius 1 is 0.933 bits per heavy atom. The molecule has 82 valence electrons. The summed E-state index contributed by atoms with van der Waals surface area (Å²) in [6.07, 6.45) is 0. The zero-order valence-electron chi connectivity index (χ0n) is 8.43. The average molecular weight is 275 g/mol. The number of hydrogen-bond donors (Lipinski definition) is 0. The Balaban J connectivity index is 1.86. The highest BCUT2D eigenvalue weighted by Gasteiger charge is 2.16. The van der Waals surface area contributed by atoms with Crippen molar-refractivity contribution in [2.45, 2.75) is 6.04 Å². The van der Waals surface area contributed by atoms with Crippen LogP contribution in [0, 0.1) is 0 Å². The van der Waals surface area contributed by atoms with Gasteiger partial charge >= 0.3 is 9.28 Å². The summed E-state index contributed by atoms with van der Waals surface area (Å²) < 4.78 is 22.1. The van der Waals surface area contributed by atoms with Crippen molar-refractivity contribution in [1.82, 2.24) is 0 Å². The average Bonchev–Trinajstić information content (AvgIpc) is 2.23. The molecule has 0 bridgehead atoms. The highest BCUT2D eigenvalue weighted by molar-refractivity contribution is 6.59. The van der Waals surface area contributed by atoms with Crippen LogP contribution in [0.5, 0.6) is 0 Å². The maximum Gasteiger partial charge on any atom is 0.307 e. The summed E-state index contributed by atoms with van der Waals surface area (Å²) >= 11 is 0. The quantitative estimate of drug-likeness (QED) is 0.589. The Hall–Kier alpha value is -0.0725. The van der Waals surface area contributed by atoms with E-state index in [0.717, 1.165) is 6.04 Å². The van der Waals surface area contributed by atoms with Crippen molar-refractivity contribution in [3.05, 3.63) is 35.9 Å². The van der Waals surface area contributed by atoms with Gasteiger partial charge in [0.15, 0.2) is 0 Å². The topological polar surface area (TPSA) is 36.9 Å². The van der Waals surface area contributed by atoms with Gasteiger partial charge in [-0.1, -0.05) is 30.3 Å². The van der Waals surface area contributed by atoms with Gasteiger partial charge < -0.3 is 16.5 Å².